The Balaban J connectivity index is 1.52. The van der Waals surface area contributed by atoms with E-state index >= 15 is 0 Å². The van der Waals surface area contributed by atoms with E-state index < -0.39 is 23.9 Å². The van der Waals surface area contributed by atoms with Crippen molar-refractivity contribution in [1.29, 1.82) is 0 Å². The van der Waals surface area contributed by atoms with Crippen molar-refractivity contribution in [2.24, 2.45) is 10.3 Å². The molecule has 4 rings (SSSR count). The van der Waals surface area contributed by atoms with Crippen molar-refractivity contribution in [3.63, 3.8) is 0 Å². The first-order valence-corrected chi connectivity index (χ1v) is 9.82. The Kier molecular flexibility index (Phi) is 5.03. The molecular weight excluding hydrogens is 406 g/mol. The van der Waals surface area contributed by atoms with Crippen molar-refractivity contribution in [3.8, 4) is 0 Å². The number of hydrogen-bond donors (Lipinski definition) is 1. The molecule has 2 aliphatic heterocycles. The zero-order valence-corrected chi connectivity index (χ0v) is 17.5. The molecule has 0 radical (unpaired) electrons. The van der Waals surface area contributed by atoms with E-state index in [9.17, 15) is 14.4 Å². The van der Waals surface area contributed by atoms with Crippen LogP contribution in [0.15, 0.2) is 46.7 Å². The molecule has 2 unspecified atom stereocenters. The number of hydrogen-bond acceptors (Lipinski definition) is 6. The second-order valence-electron chi connectivity index (χ2n) is 7.51. The average molecular weight is 426 g/mol. The van der Waals surface area contributed by atoms with Gasteiger partial charge in [-0.05, 0) is 61.7 Å². The van der Waals surface area contributed by atoms with Crippen molar-refractivity contribution < 1.29 is 14.4 Å². The van der Waals surface area contributed by atoms with Gasteiger partial charge < -0.3 is 5.32 Å². The minimum atomic E-state index is -0.945. The van der Waals surface area contributed by atoms with Crippen molar-refractivity contribution in [2.45, 2.75) is 32.9 Å². The monoisotopic (exact) mass is 425 g/mol. The Hall–Kier alpha value is -3.26. The van der Waals surface area contributed by atoms with Crippen LogP contribution in [0.25, 0.3) is 0 Å². The van der Waals surface area contributed by atoms with Gasteiger partial charge in [-0.15, -0.1) is 0 Å². The summed E-state index contributed by atoms with van der Waals surface area (Å²) in [5.74, 6) is -1.26. The standard InChI is InChI=1S/C21H20ClN5O3/c1-11-7-12(2)9-14(8-11)27-20(29)18-19(21(27)30)26(25-24-18)10-17(28)23-16-6-4-5-15(22)13(16)3/h4-9,18-19H,10H2,1-3H3,(H,23,28). The number of benzene rings is 2. The Morgan fingerprint density at radius 2 is 1.80 bits per heavy atom. The molecule has 2 heterocycles. The Bertz CT molecular complexity index is 1080. The normalized spacial score (nSPS) is 20.1. The van der Waals surface area contributed by atoms with Gasteiger partial charge in [-0.1, -0.05) is 29.0 Å². The second-order valence-corrected chi connectivity index (χ2v) is 7.92. The van der Waals surface area contributed by atoms with Crippen LogP contribution in [-0.4, -0.2) is 41.4 Å². The molecular formula is C21H20ClN5O3. The first kappa shape index (κ1) is 20.0. The molecule has 2 aliphatic rings. The van der Waals surface area contributed by atoms with Crippen LogP contribution in [0.5, 0.6) is 0 Å². The summed E-state index contributed by atoms with van der Waals surface area (Å²) in [4.78, 5) is 39.6. The molecule has 1 N–H and O–H groups in total. The molecule has 2 atom stereocenters. The van der Waals surface area contributed by atoms with Crippen LogP contribution < -0.4 is 10.2 Å². The lowest BCUT2D eigenvalue weighted by Gasteiger charge is -2.21. The maximum absolute atomic E-state index is 13.1. The lowest BCUT2D eigenvalue weighted by atomic mass is 10.1. The molecule has 0 spiro atoms. The number of carbonyl (C=O) groups is 3. The number of nitrogens with zero attached hydrogens (tertiary/aromatic N) is 4. The molecule has 2 aromatic carbocycles. The SMILES string of the molecule is Cc1cc(C)cc(N2C(=O)C3N=NN(CC(=O)Nc4cccc(Cl)c4C)C3C2=O)c1. The average Bonchev–Trinajstić information content (AvgIpc) is 3.18. The molecule has 8 nitrogen and oxygen atoms in total. The Morgan fingerprint density at radius 1 is 1.10 bits per heavy atom. The summed E-state index contributed by atoms with van der Waals surface area (Å²) in [6.45, 7) is 5.38. The van der Waals surface area contributed by atoms with Crippen LogP contribution in [0.3, 0.4) is 0 Å². The maximum Gasteiger partial charge on any atom is 0.263 e. The number of amides is 3. The summed E-state index contributed by atoms with van der Waals surface area (Å²) in [7, 11) is 0. The highest BCUT2D eigenvalue weighted by molar-refractivity contribution is 6.31. The highest BCUT2D eigenvalue weighted by atomic mass is 35.5. The van der Waals surface area contributed by atoms with E-state index in [-0.39, 0.29) is 12.5 Å². The van der Waals surface area contributed by atoms with Gasteiger partial charge in [0.15, 0.2) is 12.1 Å². The lowest BCUT2D eigenvalue weighted by Crippen LogP contribution is -2.43. The summed E-state index contributed by atoms with van der Waals surface area (Å²) in [6.07, 6.45) is 0. The molecule has 1 fully saturated rings. The number of rotatable bonds is 4. The Morgan fingerprint density at radius 3 is 2.50 bits per heavy atom. The molecule has 0 aromatic heterocycles. The number of aryl methyl sites for hydroxylation is 2. The number of nitrogens with one attached hydrogen (secondary N) is 1. The van der Waals surface area contributed by atoms with Gasteiger partial charge >= 0.3 is 0 Å². The maximum atomic E-state index is 13.1. The topological polar surface area (TPSA) is 94.4 Å². The predicted molar refractivity (Wildman–Crippen MR) is 112 cm³/mol. The van der Waals surface area contributed by atoms with Crippen molar-refractivity contribution in [3.05, 3.63) is 58.1 Å². The van der Waals surface area contributed by atoms with Crippen LogP contribution >= 0.6 is 11.6 Å². The summed E-state index contributed by atoms with van der Waals surface area (Å²) in [6, 6.07) is 8.85. The molecule has 2 aromatic rings. The van der Waals surface area contributed by atoms with Gasteiger partial charge in [0, 0.05) is 10.7 Å². The van der Waals surface area contributed by atoms with Gasteiger partial charge in [-0.25, -0.2) is 4.90 Å². The van der Waals surface area contributed by atoms with E-state index in [2.05, 4.69) is 15.7 Å². The van der Waals surface area contributed by atoms with E-state index in [1.165, 1.54) is 5.01 Å². The van der Waals surface area contributed by atoms with Gasteiger partial charge in [0.05, 0.1) is 5.69 Å². The van der Waals surface area contributed by atoms with Crippen LogP contribution in [0.2, 0.25) is 5.02 Å². The zero-order valence-electron chi connectivity index (χ0n) is 16.7. The third-order valence-corrected chi connectivity index (χ3v) is 5.58. The third kappa shape index (κ3) is 3.43. The van der Waals surface area contributed by atoms with Gasteiger partial charge in [0.1, 0.15) is 6.54 Å². The van der Waals surface area contributed by atoms with Gasteiger partial charge in [0.2, 0.25) is 5.91 Å². The van der Waals surface area contributed by atoms with Gasteiger partial charge in [-0.2, -0.15) is 5.11 Å². The molecule has 154 valence electrons. The smallest absolute Gasteiger partial charge is 0.263 e. The van der Waals surface area contributed by atoms with Crippen molar-refractivity contribution >= 4 is 40.7 Å². The Labute approximate surface area is 178 Å². The number of fused-ring (bicyclic) bond motifs is 1. The van der Waals surface area contributed by atoms with Crippen molar-refractivity contribution in [1.82, 2.24) is 5.01 Å². The molecule has 1 saturated heterocycles. The van der Waals surface area contributed by atoms with E-state index in [0.29, 0.717) is 16.4 Å². The quantitative estimate of drug-likeness (QED) is 0.761. The van der Waals surface area contributed by atoms with Crippen LogP contribution in [0.4, 0.5) is 11.4 Å². The summed E-state index contributed by atoms with van der Waals surface area (Å²) in [5.41, 5.74) is 3.70. The summed E-state index contributed by atoms with van der Waals surface area (Å²) >= 11 is 6.09. The molecule has 3 amide bonds. The number of imide groups is 1. The van der Waals surface area contributed by atoms with Crippen LogP contribution in [0.1, 0.15) is 16.7 Å². The largest absolute Gasteiger partial charge is 0.324 e. The number of halogens is 1. The van der Waals surface area contributed by atoms with Crippen molar-refractivity contribution in [2.75, 3.05) is 16.8 Å². The van der Waals surface area contributed by atoms with E-state index in [4.69, 9.17) is 11.6 Å². The summed E-state index contributed by atoms with van der Waals surface area (Å²) < 4.78 is 0. The molecule has 9 heteroatoms. The highest BCUT2D eigenvalue weighted by Crippen LogP contribution is 2.32. The van der Waals surface area contributed by atoms with E-state index in [0.717, 1.165) is 21.6 Å². The predicted octanol–water partition coefficient (Wildman–Crippen LogP) is 3.20. The molecule has 0 aliphatic carbocycles. The third-order valence-electron chi connectivity index (χ3n) is 5.17. The van der Waals surface area contributed by atoms with E-state index in [1.54, 1.807) is 37.3 Å². The minimum absolute atomic E-state index is 0.212. The lowest BCUT2D eigenvalue weighted by molar-refractivity contribution is -0.123. The fourth-order valence-corrected chi connectivity index (χ4v) is 3.94. The molecule has 0 saturated carbocycles. The van der Waals surface area contributed by atoms with E-state index in [1.807, 2.05) is 19.9 Å². The van der Waals surface area contributed by atoms with Gasteiger partial charge in [-0.3, -0.25) is 19.4 Å². The second kappa shape index (κ2) is 7.53. The highest BCUT2D eigenvalue weighted by Gasteiger charge is 2.55. The number of anilines is 2. The van der Waals surface area contributed by atoms with Gasteiger partial charge in [0.25, 0.3) is 11.8 Å². The minimum Gasteiger partial charge on any atom is -0.324 e. The van der Waals surface area contributed by atoms with Crippen LogP contribution in [0, 0.1) is 20.8 Å². The fraction of sp³-hybridized carbons (Fsp3) is 0.286. The summed E-state index contributed by atoms with van der Waals surface area (Å²) in [5, 5.41) is 12.4. The number of carbonyl (C=O) groups excluding carboxylic acids is 3. The zero-order chi connectivity index (χ0) is 21.6. The molecule has 30 heavy (non-hydrogen) atoms. The fourth-order valence-electron chi connectivity index (χ4n) is 3.77. The first-order valence-electron chi connectivity index (χ1n) is 9.45. The van der Waals surface area contributed by atoms with Crippen LogP contribution in [-0.2, 0) is 14.4 Å². The first-order chi connectivity index (χ1) is 14.3. The molecule has 0 bridgehead atoms.